The average Bonchev–Trinajstić information content (AvgIpc) is 2.97. The van der Waals surface area contributed by atoms with Gasteiger partial charge in [-0.2, -0.15) is 0 Å². The van der Waals surface area contributed by atoms with Crippen molar-refractivity contribution < 1.29 is 19.1 Å². The van der Waals surface area contributed by atoms with Crippen LogP contribution >= 0.6 is 0 Å². The molecule has 2 aromatic rings. The first kappa shape index (κ1) is 13.4. The number of carboxylic acid groups (broad SMARTS) is 1. The number of fused-ring (bicyclic) bond motifs is 1. The zero-order chi connectivity index (χ0) is 14.8. The van der Waals surface area contributed by atoms with Crippen LogP contribution in [0, 0.1) is 0 Å². The van der Waals surface area contributed by atoms with Gasteiger partial charge in [0.2, 0.25) is 0 Å². The summed E-state index contributed by atoms with van der Waals surface area (Å²) in [6, 6.07) is 9.49. The molecule has 1 aromatic carbocycles. The minimum Gasteiger partial charge on any atom is -0.478 e. The van der Waals surface area contributed by atoms with Crippen molar-refractivity contribution in [2.75, 3.05) is 0 Å². The van der Waals surface area contributed by atoms with E-state index in [2.05, 4.69) is 17.4 Å². The Balaban J connectivity index is 1.67. The van der Waals surface area contributed by atoms with Crippen molar-refractivity contribution in [2.45, 2.75) is 25.3 Å². The second kappa shape index (κ2) is 5.44. The topological polar surface area (TPSA) is 79.5 Å². The Morgan fingerprint density at radius 2 is 2.00 bits per heavy atom. The number of carbonyl (C=O) groups is 2. The number of hydrogen-bond donors (Lipinski definition) is 2. The van der Waals surface area contributed by atoms with E-state index >= 15 is 0 Å². The zero-order valence-corrected chi connectivity index (χ0v) is 11.3. The van der Waals surface area contributed by atoms with Gasteiger partial charge in [-0.1, -0.05) is 24.3 Å². The summed E-state index contributed by atoms with van der Waals surface area (Å²) in [5.74, 6) is -1.44. The summed E-state index contributed by atoms with van der Waals surface area (Å²) in [6.45, 7) is 0. The van der Waals surface area contributed by atoms with Crippen LogP contribution in [0.2, 0.25) is 0 Å². The Kier molecular flexibility index (Phi) is 3.48. The van der Waals surface area contributed by atoms with Crippen LogP contribution in [0.25, 0.3) is 0 Å². The van der Waals surface area contributed by atoms with E-state index in [1.165, 1.54) is 17.2 Å². The molecule has 1 aliphatic rings. The van der Waals surface area contributed by atoms with Gasteiger partial charge < -0.3 is 14.8 Å². The number of aryl methyl sites for hydroxylation is 1. The molecule has 0 radical (unpaired) electrons. The third-order valence-corrected chi connectivity index (χ3v) is 3.75. The van der Waals surface area contributed by atoms with E-state index in [1.807, 2.05) is 12.1 Å². The Morgan fingerprint density at radius 1 is 1.24 bits per heavy atom. The lowest BCUT2D eigenvalue weighted by molar-refractivity contribution is 0.0695. The first-order valence-corrected chi connectivity index (χ1v) is 6.83. The third kappa shape index (κ3) is 2.81. The summed E-state index contributed by atoms with van der Waals surface area (Å²) in [4.78, 5) is 22.8. The molecule has 1 unspecified atom stereocenters. The highest BCUT2D eigenvalue weighted by Gasteiger charge is 2.22. The van der Waals surface area contributed by atoms with Gasteiger partial charge in [-0.3, -0.25) is 4.79 Å². The fourth-order valence-corrected chi connectivity index (χ4v) is 2.64. The van der Waals surface area contributed by atoms with E-state index in [4.69, 9.17) is 9.52 Å². The molecule has 0 saturated heterocycles. The van der Waals surface area contributed by atoms with Gasteiger partial charge in [-0.25, -0.2) is 4.79 Å². The molecule has 0 bridgehead atoms. The van der Waals surface area contributed by atoms with Crippen molar-refractivity contribution in [1.29, 1.82) is 0 Å². The second-order valence-corrected chi connectivity index (χ2v) is 5.19. The van der Waals surface area contributed by atoms with Gasteiger partial charge in [0, 0.05) is 12.1 Å². The largest absolute Gasteiger partial charge is 0.478 e. The number of hydrogen-bond acceptors (Lipinski definition) is 3. The van der Waals surface area contributed by atoms with Gasteiger partial charge in [0.1, 0.15) is 6.26 Å². The fourth-order valence-electron chi connectivity index (χ4n) is 2.64. The molecule has 0 saturated carbocycles. The van der Waals surface area contributed by atoms with E-state index < -0.39 is 5.97 Å². The monoisotopic (exact) mass is 285 g/mol. The summed E-state index contributed by atoms with van der Waals surface area (Å²) in [7, 11) is 0. The molecule has 1 aromatic heterocycles. The molecule has 5 heteroatoms. The summed E-state index contributed by atoms with van der Waals surface area (Å²) in [5.41, 5.74) is 2.56. The van der Waals surface area contributed by atoms with Crippen LogP contribution in [-0.4, -0.2) is 23.0 Å². The molecule has 108 valence electrons. The number of furan rings is 1. The molecule has 1 heterocycles. The molecule has 0 spiro atoms. The van der Waals surface area contributed by atoms with Crippen LogP contribution in [0.1, 0.15) is 38.5 Å². The van der Waals surface area contributed by atoms with Crippen LogP contribution in [0.4, 0.5) is 0 Å². The maximum Gasteiger partial charge on any atom is 0.338 e. The SMILES string of the molecule is O=C(O)c1coc(C(=O)NC2CCc3ccccc3C2)c1. The molecule has 0 fully saturated rings. The third-order valence-electron chi connectivity index (χ3n) is 3.75. The number of amides is 1. The summed E-state index contributed by atoms with van der Waals surface area (Å²) < 4.78 is 5.01. The first-order chi connectivity index (χ1) is 10.1. The van der Waals surface area contributed by atoms with E-state index in [0.29, 0.717) is 0 Å². The van der Waals surface area contributed by atoms with Crippen molar-refractivity contribution in [2.24, 2.45) is 0 Å². The van der Waals surface area contributed by atoms with Gasteiger partial charge >= 0.3 is 5.97 Å². The molecule has 5 nitrogen and oxygen atoms in total. The highest BCUT2D eigenvalue weighted by Crippen LogP contribution is 2.21. The smallest absolute Gasteiger partial charge is 0.338 e. The molecule has 3 rings (SSSR count). The van der Waals surface area contributed by atoms with E-state index in [0.717, 1.165) is 25.5 Å². The summed E-state index contributed by atoms with van der Waals surface area (Å²) in [6.07, 6.45) is 3.66. The van der Waals surface area contributed by atoms with Gasteiger partial charge in [-0.05, 0) is 30.4 Å². The molecule has 1 atom stereocenters. The van der Waals surface area contributed by atoms with Crippen LogP contribution in [-0.2, 0) is 12.8 Å². The van der Waals surface area contributed by atoms with Crippen molar-refractivity contribution in [3.63, 3.8) is 0 Å². The van der Waals surface area contributed by atoms with E-state index in [9.17, 15) is 9.59 Å². The van der Waals surface area contributed by atoms with Crippen molar-refractivity contribution in [1.82, 2.24) is 5.32 Å². The Bertz CT molecular complexity index is 689. The van der Waals surface area contributed by atoms with Crippen LogP contribution in [0.3, 0.4) is 0 Å². The Labute approximate surface area is 121 Å². The molecular weight excluding hydrogens is 270 g/mol. The lowest BCUT2D eigenvalue weighted by atomic mass is 9.88. The van der Waals surface area contributed by atoms with Crippen LogP contribution in [0.5, 0.6) is 0 Å². The average molecular weight is 285 g/mol. The Morgan fingerprint density at radius 3 is 2.71 bits per heavy atom. The quantitative estimate of drug-likeness (QED) is 0.906. The number of benzene rings is 1. The number of carbonyl (C=O) groups excluding carboxylic acids is 1. The first-order valence-electron chi connectivity index (χ1n) is 6.83. The lowest BCUT2D eigenvalue weighted by Crippen LogP contribution is -2.38. The molecule has 1 amide bonds. The molecular formula is C16H15NO4. The number of carboxylic acids is 1. The minimum absolute atomic E-state index is 0.0193. The van der Waals surface area contributed by atoms with Gasteiger partial charge in [0.25, 0.3) is 5.91 Å². The Hall–Kier alpha value is -2.56. The maximum absolute atomic E-state index is 12.1. The van der Waals surface area contributed by atoms with Crippen molar-refractivity contribution >= 4 is 11.9 Å². The minimum atomic E-state index is -1.11. The number of aromatic carboxylic acids is 1. The van der Waals surface area contributed by atoms with Gasteiger partial charge in [0.15, 0.2) is 5.76 Å². The molecule has 21 heavy (non-hydrogen) atoms. The predicted molar refractivity (Wildman–Crippen MR) is 75.4 cm³/mol. The molecule has 1 aliphatic carbocycles. The van der Waals surface area contributed by atoms with Crippen molar-refractivity contribution in [3.05, 3.63) is 59.0 Å². The normalized spacial score (nSPS) is 17.0. The van der Waals surface area contributed by atoms with Crippen molar-refractivity contribution in [3.8, 4) is 0 Å². The van der Waals surface area contributed by atoms with Gasteiger partial charge in [0.05, 0.1) is 5.56 Å². The molecule has 2 N–H and O–H groups in total. The summed E-state index contributed by atoms with van der Waals surface area (Å²) >= 11 is 0. The van der Waals surface area contributed by atoms with Crippen LogP contribution < -0.4 is 5.32 Å². The second-order valence-electron chi connectivity index (χ2n) is 5.19. The fraction of sp³-hybridized carbons (Fsp3) is 0.250. The molecule has 0 aliphatic heterocycles. The highest BCUT2D eigenvalue weighted by atomic mass is 16.4. The van der Waals surface area contributed by atoms with Crippen LogP contribution in [0.15, 0.2) is 41.0 Å². The van der Waals surface area contributed by atoms with Gasteiger partial charge in [-0.15, -0.1) is 0 Å². The van der Waals surface area contributed by atoms with E-state index in [-0.39, 0.29) is 23.3 Å². The predicted octanol–water partition coefficient (Wildman–Crippen LogP) is 2.27. The number of rotatable bonds is 3. The maximum atomic E-state index is 12.1. The number of nitrogens with one attached hydrogen (secondary N) is 1. The summed E-state index contributed by atoms with van der Waals surface area (Å²) in [5, 5.41) is 11.7. The standard InChI is InChI=1S/C16H15NO4/c18-15(14-8-12(9-21-14)16(19)20)17-13-6-5-10-3-1-2-4-11(10)7-13/h1-4,8-9,13H,5-7H2,(H,17,18)(H,19,20). The zero-order valence-electron chi connectivity index (χ0n) is 11.3. The van der Waals surface area contributed by atoms with E-state index in [1.54, 1.807) is 0 Å². The highest BCUT2D eigenvalue weighted by molar-refractivity contribution is 5.95. The lowest BCUT2D eigenvalue weighted by Gasteiger charge is -2.25.